The summed E-state index contributed by atoms with van der Waals surface area (Å²) < 4.78 is 5.24. The van der Waals surface area contributed by atoms with Gasteiger partial charge < -0.3 is 10.3 Å². The second kappa shape index (κ2) is 5.34. The Hall–Kier alpha value is -1.98. The van der Waals surface area contributed by atoms with Crippen LogP contribution in [-0.4, -0.2) is 10.1 Å². The first-order valence-corrected chi connectivity index (χ1v) is 6.88. The summed E-state index contributed by atoms with van der Waals surface area (Å²) in [5.41, 5.74) is 7.26. The molecule has 2 heterocycles. The minimum absolute atomic E-state index is 0.274. The van der Waals surface area contributed by atoms with Crippen molar-refractivity contribution in [3.05, 3.63) is 59.3 Å². The van der Waals surface area contributed by atoms with Crippen molar-refractivity contribution >= 4 is 11.3 Å². The van der Waals surface area contributed by atoms with Gasteiger partial charge in [0.15, 0.2) is 0 Å². The number of hydrogen-bond donors (Lipinski definition) is 1. The molecule has 3 rings (SSSR count). The van der Waals surface area contributed by atoms with Gasteiger partial charge >= 0.3 is 0 Å². The zero-order valence-corrected chi connectivity index (χ0v) is 11.0. The Balaban J connectivity index is 1.76. The number of benzene rings is 1. The van der Waals surface area contributed by atoms with Crippen LogP contribution >= 0.6 is 11.3 Å². The molecule has 0 bridgehead atoms. The highest BCUT2D eigenvalue weighted by Gasteiger charge is 2.16. The molecule has 0 aliphatic heterocycles. The fourth-order valence-corrected chi connectivity index (χ4v) is 2.50. The number of nitrogens with two attached hydrogens (primary N) is 1. The van der Waals surface area contributed by atoms with Gasteiger partial charge in [0.2, 0.25) is 11.7 Å². The SMILES string of the molecule is N[C@@H](Cc1ccccc1)c1nc(-c2cccs2)no1. The van der Waals surface area contributed by atoms with Crippen molar-refractivity contribution < 1.29 is 4.52 Å². The summed E-state index contributed by atoms with van der Waals surface area (Å²) in [7, 11) is 0. The Bertz CT molecular complexity index is 634. The molecule has 0 spiro atoms. The molecule has 3 aromatic rings. The van der Waals surface area contributed by atoms with E-state index in [0.717, 1.165) is 10.4 Å². The number of thiophene rings is 1. The van der Waals surface area contributed by atoms with E-state index in [9.17, 15) is 0 Å². The number of rotatable bonds is 4. The average Bonchev–Trinajstić information content (AvgIpc) is 3.11. The maximum Gasteiger partial charge on any atom is 0.244 e. The van der Waals surface area contributed by atoms with Crippen molar-refractivity contribution in [3.63, 3.8) is 0 Å². The first-order valence-electron chi connectivity index (χ1n) is 6.00. The average molecular weight is 271 g/mol. The van der Waals surface area contributed by atoms with E-state index in [1.807, 2.05) is 47.8 Å². The zero-order valence-electron chi connectivity index (χ0n) is 10.2. The standard InChI is InChI=1S/C14H13N3OS/c15-11(9-10-5-2-1-3-6-10)14-16-13(17-18-14)12-7-4-8-19-12/h1-8,11H,9,15H2/t11-/m0/s1. The molecule has 0 unspecified atom stereocenters. The first kappa shape index (κ1) is 12.1. The van der Waals surface area contributed by atoms with Crippen molar-refractivity contribution in [2.75, 3.05) is 0 Å². The normalized spacial score (nSPS) is 12.5. The molecule has 5 heteroatoms. The summed E-state index contributed by atoms with van der Waals surface area (Å²) in [6.07, 6.45) is 0.687. The highest BCUT2D eigenvalue weighted by Crippen LogP contribution is 2.23. The number of nitrogens with zero attached hydrogens (tertiary/aromatic N) is 2. The largest absolute Gasteiger partial charge is 0.337 e. The molecule has 1 atom stereocenters. The quantitative estimate of drug-likeness (QED) is 0.792. The first-order chi connectivity index (χ1) is 9.33. The minimum Gasteiger partial charge on any atom is -0.337 e. The van der Waals surface area contributed by atoms with Gasteiger partial charge in [-0.05, 0) is 23.4 Å². The van der Waals surface area contributed by atoms with E-state index in [1.165, 1.54) is 0 Å². The van der Waals surface area contributed by atoms with Crippen LogP contribution in [0.3, 0.4) is 0 Å². The Kier molecular flexibility index (Phi) is 3.39. The fourth-order valence-electron chi connectivity index (χ4n) is 1.85. The van der Waals surface area contributed by atoms with Gasteiger partial charge in [-0.15, -0.1) is 11.3 Å². The van der Waals surface area contributed by atoms with Crippen LogP contribution in [0.4, 0.5) is 0 Å². The summed E-state index contributed by atoms with van der Waals surface area (Å²) in [4.78, 5) is 5.34. The predicted octanol–water partition coefficient (Wildman–Crippen LogP) is 3.04. The molecule has 0 aliphatic carbocycles. The van der Waals surface area contributed by atoms with Crippen LogP contribution in [0.25, 0.3) is 10.7 Å². The van der Waals surface area contributed by atoms with E-state index < -0.39 is 0 Å². The molecule has 96 valence electrons. The van der Waals surface area contributed by atoms with Gasteiger partial charge in [0.25, 0.3) is 0 Å². The van der Waals surface area contributed by atoms with Gasteiger partial charge in [-0.25, -0.2) is 0 Å². The van der Waals surface area contributed by atoms with Crippen molar-refractivity contribution in [3.8, 4) is 10.7 Å². The summed E-state index contributed by atoms with van der Waals surface area (Å²) in [5, 5.41) is 5.95. The predicted molar refractivity (Wildman–Crippen MR) is 74.7 cm³/mol. The zero-order chi connectivity index (χ0) is 13.1. The maximum atomic E-state index is 6.10. The molecule has 1 aromatic carbocycles. The summed E-state index contributed by atoms with van der Waals surface area (Å²) >= 11 is 1.58. The van der Waals surface area contributed by atoms with E-state index in [2.05, 4.69) is 10.1 Å². The smallest absolute Gasteiger partial charge is 0.244 e. The molecule has 0 fully saturated rings. The topological polar surface area (TPSA) is 64.9 Å². The summed E-state index contributed by atoms with van der Waals surface area (Å²) in [6.45, 7) is 0. The molecule has 2 aromatic heterocycles. The second-order valence-electron chi connectivity index (χ2n) is 4.23. The van der Waals surface area contributed by atoms with E-state index in [-0.39, 0.29) is 6.04 Å². The summed E-state index contributed by atoms with van der Waals surface area (Å²) in [6, 6.07) is 13.7. The molecular weight excluding hydrogens is 258 g/mol. The highest BCUT2D eigenvalue weighted by atomic mass is 32.1. The Labute approximate surface area is 114 Å². The maximum absolute atomic E-state index is 6.10. The Morgan fingerprint density at radius 3 is 2.74 bits per heavy atom. The number of hydrogen-bond acceptors (Lipinski definition) is 5. The molecule has 0 saturated carbocycles. The third kappa shape index (κ3) is 2.72. The van der Waals surface area contributed by atoms with E-state index >= 15 is 0 Å². The molecule has 0 amide bonds. The summed E-state index contributed by atoms with van der Waals surface area (Å²) in [5.74, 6) is 1.08. The highest BCUT2D eigenvalue weighted by molar-refractivity contribution is 7.13. The van der Waals surface area contributed by atoms with Gasteiger partial charge in [-0.1, -0.05) is 41.6 Å². The van der Waals surface area contributed by atoms with Crippen molar-refractivity contribution in [1.82, 2.24) is 10.1 Å². The van der Waals surface area contributed by atoms with Crippen molar-refractivity contribution in [1.29, 1.82) is 0 Å². The third-order valence-electron chi connectivity index (χ3n) is 2.80. The molecule has 0 aliphatic rings. The van der Waals surface area contributed by atoms with E-state index in [0.29, 0.717) is 18.1 Å². The lowest BCUT2D eigenvalue weighted by Crippen LogP contribution is -2.13. The fraction of sp³-hybridized carbons (Fsp3) is 0.143. The lowest BCUT2D eigenvalue weighted by atomic mass is 10.1. The van der Waals surface area contributed by atoms with Gasteiger partial charge in [0.1, 0.15) is 0 Å². The minimum atomic E-state index is -0.274. The van der Waals surface area contributed by atoms with E-state index in [4.69, 9.17) is 10.3 Å². The van der Waals surface area contributed by atoms with Crippen molar-refractivity contribution in [2.24, 2.45) is 5.73 Å². The second-order valence-corrected chi connectivity index (χ2v) is 5.18. The number of aromatic nitrogens is 2. The van der Waals surface area contributed by atoms with Crippen LogP contribution in [-0.2, 0) is 6.42 Å². The van der Waals surface area contributed by atoms with Crippen LogP contribution in [0.2, 0.25) is 0 Å². The Morgan fingerprint density at radius 2 is 2.00 bits per heavy atom. The lowest BCUT2D eigenvalue weighted by Gasteiger charge is -2.05. The van der Waals surface area contributed by atoms with Gasteiger partial charge in [0.05, 0.1) is 10.9 Å². The van der Waals surface area contributed by atoms with Crippen LogP contribution in [0.1, 0.15) is 17.5 Å². The third-order valence-corrected chi connectivity index (χ3v) is 3.66. The molecule has 4 nitrogen and oxygen atoms in total. The molecular formula is C14H13N3OS. The molecule has 19 heavy (non-hydrogen) atoms. The molecule has 0 saturated heterocycles. The van der Waals surface area contributed by atoms with Crippen LogP contribution in [0, 0.1) is 0 Å². The van der Waals surface area contributed by atoms with Gasteiger partial charge in [-0.3, -0.25) is 0 Å². The van der Waals surface area contributed by atoms with Crippen LogP contribution in [0.15, 0.2) is 52.4 Å². The monoisotopic (exact) mass is 271 g/mol. The lowest BCUT2D eigenvalue weighted by molar-refractivity contribution is 0.354. The van der Waals surface area contributed by atoms with Crippen LogP contribution < -0.4 is 5.73 Å². The van der Waals surface area contributed by atoms with Crippen molar-refractivity contribution in [2.45, 2.75) is 12.5 Å². The molecule has 0 radical (unpaired) electrons. The van der Waals surface area contributed by atoms with Crippen LogP contribution in [0.5, 0.6) is 0 Å². The Morgan fingerprint density at radius 1 is 1.16 bits per heavy atom. The molecule has 2 N–H and O–H groups in total. The van der Waals surface area contributed by atoms with Gasteiger partial charge in [0, 0.05) is 0 Å². The van der Waals surface area contributed by atoms with Gasteiger partial charge in [-0.2, -0.15) is 4.98 Å². The van der Waals surface area contributed by atoms with E-state index in [1.54, 1.807) is 11.3 Å².